The van der Waals surface area contributed by atoms with Crippen LogP contribution in [0.1, 0.15) is 19.8 Å². The molecule has 3 heteroatoms. The summed E-state index contributed by atoms with van der Waals surface area (Å²) in [5, 5.41) is 9.04. The Morgan fingerprint density at radius 3 is 3.08 bits per heavy atom. The Balaban J connectivity index is 2.11. The average molecular weight is 177 g/mol. The average Bonchev–Trinajstić information content (AvgIpc) is 2.63. The zero-order valence-electron chi connectivity index (χ0n) is 7.49. The molecule has 1 aliphatic heterocycles. The molecule has 2 aliphatic carbocycles. The Labute approximate surface area is 76.7 Å². The summed E-state index contributed by atoms with van der Waals surface area (Å²) in [6.07, 6.45) is 1.79. The number of ether oxygens (including phenoxy) is 1. The van der Waals surface area contributed by atoms with E-state index in [4.69, 9.17) is 10.00 Å². The van der Waals surface area contributed by atoms with E-state index in [1.165, 1.54) is 0 Å². The first-order valence-corrected chi connectivity index (χ1v) is 4.82. The van der Waals surface area contributed by atoms with Gasteiger partial charge in [0.15, 0.2) is 0 Å². The number of hydrogen-bond donors (Lipinski definition) is 0. The lowest BCUT2D eigenvalue weighted by Crippen LogP contribution is -2.34. The maximum atomic E-state index is 11.5. The highest BCUT2D eigenvalue weighted by Crippen LogP contribution is 2.62. The Morgan fingerprint density at radius 2 is 2.46 bits per heavy atom. The summed E-state index contributed by atoms with van der Waals surface area (Å²) >= 11 is 0. The molecule has 3 nitrogen and oxygen atoms in total. The van der Waals surface area contributed by atoms with E-state index in [0.29, 0.717) is 11.8 Å². The minimum absolute atomic E-state index is 0.0263. The van der Waals surface area contributed by atoms with Crippen LogP contribution in [-0.2, 0) is 9.53 Å². The molecule has 3 aliphatic rings. The molecule has 5 atom stereocenters. The van der Waals surface area contributed by atoms with E-state index >= 15 is 0 Å². The summed E-state index contributed by atoms with van der Waals surface area (Å²) < 4.78 is 5.25. The number of fused-ring (bicyclic) bond motifs is 1. The number of carbonyl (C=O) groups excluding carboxylic acids is 1. The second kappa shape index (κ2) is 1.89. The quantitative estimate of drug-likeness (QED) is 0.520. The second-order valence-corrected chi connectivity index (χ2v) is 4.61. The van der Waals surface area contributed by atoms with Gasteiger partial charge in [0.05, 0.1) is 5.92 Å². The van der Waals surface area contributed by atoms with Crippen molar-refractivity contribution in [1.29, 1.82) is 5.26 Å². The third kappa shape index (κ3) is 0.611. The van der Waals surface area contributed by atoms with Crippen LogP contribution in [0.4, 0.5) is 0 Å². The highest BCUT2D eigenvalue weighted by atomic mass is 16.6. The number of nitrogens with zero attached hydrogens (tertiary/aromatic N) is 1. The molecule has 2 saturated carbocycles. The van der Waals surface area contributed by atoms with Crippen LogP contribution in [0, 0.1) is 35.0 Å². The van der Waals surface area contributed by atoms with E-state index in [9.17, 15) is 4.79 Å². The summed E-state index contributed by atoms with van der Waals surface area (Å²) in [7, 11) is 0. The van der Waals surface area contributed by atoms with Gasteiger partial charge >= 0.3 is 5.97 Å². The van der Waals surface area contributed by atoms with Crippen molar-refractivity contribution < 1.29 is 9.53 Å². The van der Waals surface area contributed by atoms with Crippen LogP contribution in [0.3, 0.4) is 0 Å². The third-order valence-electron chi connectivity index (χ3n) is 4.21. The first-order valence-electron chi connectivity index (χ1n) is 4.82. The number of esters is 1. The van der Waals surface area contributed by atoms with E-state index < -0.39 is 5.60 Å². The van der Waals surface area contributed by atoms with Crippen LogP contribution in [-0.4, -0.2) is 11.6 Å². The molecular weight excluding hydrogens is 166 g/mol. The SMILES string of the molecule is CC1C2CC3C1C(=O)OC3(C#N)C2. The fraction of sp³-hybridized carbons (Fsp3) is 0.800. The van der Waals surface area contributed by atoms with Crippen molar-refractivity contribution in [2.24, 2.45) is 23.7 Å². The number of rotatable bonds is 0. The van der Waals surface area contributed by atoms with Crippen LogP contribution < -0.4 is 0 Å². The Bertz CT molecular complexity index is 332. The molecule has 0 spiro atoms. The van der Waals surface area contributed by atoms with E-state index in [-0.39, 0.29) is 17.8 Å². The van der Waals surface area contributed by atoms with Crippen LogP contribution in [0.5, 0.6) is 0 Å². The molecular formula is C10H11NO2. The van der Waals surface area contributed by atoms with Crippen LogP contribution in [0.2, 0.25) is 0 Å². The van der Waals surface area contributed by atoms with Gasteiger partial charge in [-0.15, -0.1) is 0 Å². The predicted octanol–water partition coefficient (Wildman–Crippen LogP) is 1.10. The largest absolute Gasteiger partial charge is 0.443 e. The molecule has 2 bridgehead atoms. The van der Waals surface area contributed by atoms with Crippen molar-refractivity contribution in [3.63, 3.8) is 0 Å². The number of carbonyl (C=O) groups is 1. The molecule has 0 radical (unpaired) electrons. The van der Waals surface area contributed by atoms with Crippen LogP contribution in [0.15, 0.2) is 0 Å². The van der Waals surface area contributed by atoms with E-state index in [2.05, 4.69) is 13.0 Å². The van der Waals surface area contributed by atoms with E-state index in [0.717, 1.165) is 12.8 Å². The first-order chi connectivity index (χ1) is 6.18. The van der Waals surface area contributed by atoms with Crippen molar-refractivity contribution in [2.45, 2.75) is 25.4 Å². The minimum atomic E-state index is -0.723. The molecule has 0 amide bonds. The molecule has 1 saturated heterocycles. The maximum Gasteiger partial charge on any atom is 0.311 e. The Hall–Kier alpha value is -1.04. The van der Waals surface area contributed by atoms with Crippen molar-refractivity contribution in [2.75, 3.05) is 0 Å². The second-order valence-electron chi connectivity index (χ2n) is 4.61. The lowest BCUT2D eigenvalue weighted by molar-refractivity contribution is -0.146. The summed E-state index contributed by atoms with van der Waals surface area (Å²) in [4.78, 5) is 11.5. The lowest BCUT2D eigenvalue weighted by Gasteiger charge is -2.25. The smallest absolute Gasteiger partial charge is 0.311 e. The highest BCUT2D eigenvalue weighted by Gasteiger charge is 2.68. The molecule has 3 fully saturated rings. The van der Waals surface area contributed by atoms with Crippen molar-refractivity contribution in [3.05, 3.63) is 0 Å². The molecule has 0 aromatic carbocycles. The first kappa shape index (κ1) is 7.37. The van der Waals surface area contributed by atoms with Gasteiger partial charge in [0.1, 0.15) is 6.07 Å². The predicted molar refractivity (Wildman–Crippen MR) is 43.3 cm³/mol. The highest BCUT2D eigenvalue weighted by molar-refractivity contribution is 5.78. The summed E-state index contributed by atoms with van der Waals surface area (Å²) in [6, 6.07) is 2.21. The van der Waals surface area contributed by atoms with Gasteiger partial charge in [-0.05, 0) is 18.3 Å². The van der Waals surface area contributed by atoms with Gasteiger partial charge in [0.2, 0.25) is 5.60 Å². The van der Waals surface area contributed by atoms with Crippen LogP contribution >= 0.6 is 0 Å². The molecule has 68 valence electrons. The van der Waals surface area contributed by atoms with E-state index in [1.807, 2.05) is 0 Å². The van der Waals surface area contributed by atoms with Gasteiger partial charge in [0, 0.05) is 12.3 Å². The Morgan fingerprint density at radius 1 is 1.69 bits per heavy atom. The molecule has 13 heavy (non-hydrogen) atoms. The van der Waals surface area contributed by atoms with Crippen molar-refractivity contribution in [1.82, 2.24) is 0 Å². The van der Waals surface area contributed by atoms with Crippen LogP contribution in [0.25, 0.3) is 0 Å². The topological polar surface area (TPSA) is 50.1 Å². The normalized spacial score (nSPS) is 56.5. The molecule has 0 aromatic heterocycles. The Kier molecular flexibility index (Phi) is 1.07. The number of hydrogen-bond acceptors (Lipinski definition) is 3. The lowest BCUT2D eigenvalue weighted by atomic mass is 9.75. The fourth-order valence-electron chi connectivity index (χ4n) is 3.53. The third-order valence-corrected chi connectivity index (χ3v) is 4.21. The zero-order chi connectivity index (χ0) is 9.22. The number of nitriles is 1. The maximum absolute atomic E-state index is 11.5. The molecule has 0 aromatic rings. The van der Waals surface area contributed by atoms with Crippen molar-refractivity contribution in [3.8, 4) is 6.07 Å². The fourth-order valence-corrected chi connectivity index (χ4v) is 3.53. The van der Waals surface area contributed by atoms with Gasteiger partial charge < -0.3 is 4.74 Å². The molecule has 3 rings (SSSR count). The summed E-state index contributed by atoms with van der Waals surface area (Å²) in [5.74, 6) is 1.07. The summed E-state index contributed by atoms with van der Waals surface area (Å²) in [6.45, 7) is 2.11. The summed E-state index contributed by atoms with van der Waals surface area (Å²) in [5.41, 5.74) is -0.723. The minimum Gasteiger partial charge on any atom is -0.443 e. The molecule has 5 unspecified atom stereocenters. The van der Waals surface area contributed by atoms with Gasteiger partial charge in [-0.1, -0.05) is 6.92 Å². The van der Waals surface area contributed by atoms with Gasteiger partial charge in [-0.25, -0.2) is 0 Å². The van der Waals surface area contributed by atoms with E-state index in [1.54, 1.807) is 0 Å². The van der Waals surface area contributed by atoms with Crippen molar-refractivity contribution >= 4 is 5.97 Å². The standard InChI is InChI=1S/C10H11NO2/c1-5-6-2-7-8(5)9(12)13-10(7,3-6)4-11/h5-8H,2-3H2,1H3. The van der Waals surface area contributed by atoms with Gasteiger partial charge in [-0.2, -0.15) is 5.26 Å². The van der Waals surface area contributed by atoms with Gasteiger partial charge in [-0.3, -0.25) is 4.79 Å². The zero-order valence-corrected chi connectivity index (χ0v) is 7.49. The monoisotopic (exact) mass is 177 g/mol. The molecule has 1 heterocycles. The van der Waals surface area contributed by atoms with Gasteiger partial charge in [0.25, 0.3) is 0 Å². The molecule has 0 N–H and O–H groups in total.